The number of morpholine rings is 1. The Morgan fingerprint density at radius 1 is 1.12 bits per heavy atom. The van der Waals surface area contributed by atoms with Gasteiger partial charge in [-0.15, -0.1) is 0 Å². The Kier molecular flexibility index (Phi) is 6.78. The molecule has 2 aliphatic heterocycles. The maximum absolute atomic E-state index is 13.2. The number of rotatable bonds is 5. The average Bonchev–Trinajstić information content (AvgIpc) is 2.88. The number of carbonyl (C=O) groups is 1. The minimum absolute atomic E-state index is 0.0245. The molecule has 2 aromatic rings. The lowest BCUT2D eigenvalue weighted by molar-refractivity contribution is 0.0728. The second kappa shape index (κ2) is 9.74. The van der Waals surface area contributed by atoms with E-state index >= 15 is 0 Å². The molecule has 0 saturated carbocycles. The zero-order valence-electron chi connectivity index (χ0n) is 18.3. The van der Waals surface area contributed by atoms with Gasteiger partial charge in [0, 0.05) is 51.0 Å². The van der Waals surface area contributed by atoms with Gasteiger partial charge in [0.25, 0.3) is 5.91 Å². The van der Waals surface area contributed by atoms with E-state index in [1.54, 1.807) is 29.3 Å². The molecule has 2 saturated heterocycles. The lowest BCUT2D eigenvalue weighted by Gasteiger charge is -2.35. The van der Waals surface area contributed by atoms with E-state index in [0.29, 0.717) is 50.8 Å². The number of sulfonamides is 1. The van der Waals surface area contributed by atoms with Crippen LogP contribution in [0.2, 0.25) is 0 Å². The summed E-state index contributed by atoms with van der Waals surface area (Å²) in [6.45, 7) is 3.06. The molecule has 2 aliphatic rings. The monoisotopic (exact) mass is 471 g/mol. The summed E-state index contributed by atoms with van der Waals surface area (Å²) in [6, 6.07) is 10.1. The van der Waals surface area contributed by atoms with Crippen LogP contribution in [-0.4, -0.2) is 88.1 Å². The predicted octanol–water partition coefficient (Wildman–Crippen LogP) is 0.945. The second-order valence-corrected chi connectivity index (χ2v) is 9.55. The maximum Gasteiger partial charge on any atom is 0.254 e. The summed E-state index contributed by atoms with van der Waals surface area (Å²) in [5.41, 5.74) is 0.775. The molecule has 11 heteroatoms. The number of aromatic nitrogens is 1. The first-order valence-corrected chi connectivity index (χ1v) is 12.0. The van der Waals surface area contributed by atoms with E-state index in [4.69, 9.17) is 9.47 Å². The number of carbonyl (C=O) groups excluding carboxylic acids is 1. The van der Waals surface area contributed by atoms with E-state index in [2.05, 4.69) is 11.1 Å². The fourth-order valence-corrected chi connectivity index (χ4v) is 5.57. The van der Waals surface area contributed by atoms with Crippen LogP contribution in [0.5, 0.6) is 5.75 Å². The number of ether oxygens (including phenoxy) is 2. The number of anilines is 1. The number of hydrogen-bond donors (Lipinski definition) is 0. The van der Waals surface area contributed by atoms with Gasteiger partial charge in [0.2, 0.25) is 10.0 Å². The highest BCUT2D eigenvalue weighted by molar-refractivity contribution is 7.89. The number of amides is 1. The van der Waals surface area contributed by atoms with Crippen LogP contribution in [-0.2, 0) is 14.8 Å². The van der Waals surface area contributed by atoms with Crippen LogP contribution < -0.4 is 9.64 Å². The van der Waals surface area contributed by atoms with Gasteiger partial charge in [0.1, 0.15) is 22.5 Å². The van der Waals surface area contributed by atoms with Crippen molar-refractivity contribution in [3.63, 3.8) is 0 Å². The molecule has 1 amide bonds. The summed E-state index contributed by atoms with van der Waals surface area (Å²) in [4.78, 5) is 21.1. The molecule has 33 heavy (non-hydrogen) atoms. The molecule has 0 atom stereocenters. The molecule has 3 heterocycles. The van der Waals surface area contributed by atoms with Crippen LogP contribution in [0.4, 0.5) is 5.82 Å². The van der Waals surface area contributed by atoms with E-state index in [-0.39, 0.29) is 35.2 Å². The Labute approximate surface area is 193 Å². The van der Waals surface area contributed by atoms with Crippen LogP contribution in [0.15, 0.2) is 41.4 Å². The lowest BCUT2D eigenvalue weighted by atomic mass is 10.1. The van der Waals surface area contributed by atoms with Crippen LogP contribution in [0.3, 0.4) is 0 Å². The topological polar surface area (TPSA) is 116 Å². The molecule has 0 bridgehead atoms. The Bertz CT molecular complexity index is 1170. The lowest BCUT2D eigenvalue weighted by Crippen LogP contribution is -2.49. The molecule has 0 spiro atoms. The first-order valence-electron chi connectivity index (χ1n) is 10.6. The van der Waals surface area contributed by atoms with Gasteiger partial charge in [0.05, 0.1) is 25.9 Å². The van der Waals surface area contributed by atoms with Crippen molar-refractivity contribution >= 4 is 21.7 Å². The van der Waals surface area contributed by atoms with Gasteiger partial charge in [-0.2, -0.15) is 9.57 Å². The number of methoxy groups -OCH3 is 1. The van der Waals surface area contributed by atoms with Crippen molar-refractivity contribution in [2.75, 3.05) is 64.5 Å². The molecule has 1 aromatic carbocycles. The first kappa shape index (κ1) is 23.0. The molecular weight excluding hydrogens is 446 g/mol. The zero-order chi connectivity index (χ0) is 23.4. The standard InChI is InChI=1S/C22H25N5O5S/c1-31-19-5-4-17(15-20(19)33(29,30)27-11-13-32-14-12-27)22(28)26-9-7-25(8-10-26)21-18(16-23)3-2-6-24-21/h2-6,15H,7-14H2,1H3. The van der Waals surface area contributed by atoms with Gasteiger partial charge in [-0.25, -0.2) is 13.4 Å². The molecule has 2 fully saturated rings. The number of pyridine rings is 1. The second-order valence-electron chi connectivity index (χ2n) is 7.65. The largest absolute Gasteiger partial charge is 0.495 e. The average molecular weight is 472 g/mol. The van der Waals surface area contributed by atoms with Gasteiger partial charge < -0.3 is 19.3 Å². The van der Waals surface area contributed by atoms with Crippen molar-refractivity contribution in [3.8, 4) is 11.8 Å². The van der Waals surface area contributed by atoms with Crippen molar-refractivity contribution in [2.24, 2.45) is 0 Å². The van der Waals surface area contributed by atoms with E-state index in [1.807, 2.05) is 4.90 Å². The van der Waals surface area contributed by atoms with Crippen LogP contribution in [0, 0.1) is 11.3 Å². The summed E-state index contributed by atoms with van der Waals surface area (Å²) < 4.78 is 38.3. The third-order valence-corrected chi connectivity index (χ3v) is 7.69. The highest BCUT2D eigenvalue weighted by atomic mass is 32.2. The number of piperazine rings is 1. The molecule has 0 N–H and O–H groups in total. The van der Waals surface area contributed by atoms with Gasteiger partial charge >= 0.3 is 0 Å². The molecule has 4 rings (SSSR count). The molecule has 0 aliphatic carbocycles. The summed E-state index contributed by atoms with van der Waals surface area (Å²) in [7, 11) is -2.43. The molecule has 174 valence electrons. The van der Waals surface area contributed by atoms with Crippen molar-refractivity contribution in [1.82, 2.24) is 14.2 Å². The minimum Gasteiger partial charge on any atom is -0.495 e. The smallest absolute Gasteiger partial charge is 0.254 e. The van der Waals surface area contributed by atoms with Gasteiger partial charge in [-0.05, 0) is 30.3 Å². The SMILES string of the molecule is COc1ccc(C(=O)N2CCN(c3ncccc3C#N)CC2)cc1S(=O)(=O)N1CCOCC1. The zero-order valence-corrected chi connectivity index (χ0v) is 19.1. The summed E-state index contributed by atoms with van der Waals surface area (Å²) >= 11 is 0. The van der Waals surface area contributed by atoms with Crippen molar-refractivity contribution < 1.29 is 22.7 Å². The fourth-order valence-electron chi connectivity index (χ4n) is 3.98. The van der Waals surface area contributed by atoms with E-state index in [9.17, 15) is 18.5 Å². The molecule has 10 nitrogen and oxygen atoms in total. The Morgan fingerprint density at radius 3 is 2.52 bits per heavy atom. The third-order valence-electron chi connectivity index (χ3n) is 5.77. The molecule has 0 unspecified atom stereocenters. The van der Waals surface area contributed by atoms with Gasteiger partial charge in [-0.1, -0.05) is 0 Å². The number of nitrogens with zero attached hydrogens (tertiary/aromatic N) is 5. The Hall–Kier alpha value is -3.20. The molecule has 1 aromatic heterocycles. The quantitative estimate of drug-likeness (QED) is 0.633. The van der Waals surface area contributed by atoms with Gasteiger partial charge in [-0.3, -0.25) is 4.79 Å². The van der Waals surface area contributed by atoms with Crippen molar-refractivity contribution in [3.05, 3.63) is 47.7 Å². The highest BCUT2D eigenvalue weighted by Crippen LogP contribution is 2.29. The van der Waals surface area contributed by atoms with Crippen molar-refractivity contribution in [1.29, 1.82) is 5.26 Å². The first-order chi connectivity index (χ1) is 16.0. The van der Waals surface area contributed by atoms with Crippen molar-refractivity contribution in [2.45, 2.75) is 4.90 Å². The highest BCUT2D eigenvalue weighted by Gasteiger charge is 2.31. The number of nitriles is 1. The maximum atomic E-state index is 13.2. The Morgan fingerprint density at radius 2 is 1.85 bits per heavy atom. The number of benzene rings is 1. The molecular formula is C22H25N5O5S. The normalized spacial score (nSPS) is 17.5. The van der Waals surface area contributed by atoms with E-state index in [0.717, 1.165) is 0 Å². The Balaban J connectivity index is 1.52. The predicted molar refractivity (Wildman–Crippen MR) is 120 cm³/mol. The van der Waals surface area contributed by atoms with Crippen LogP contribution >= 0.6 is 0 Å². The van der Waals surface area contributed by atoms with E-state index < -0.39 is 10.0 Å². The van der Waals surface area contributed by atoms with Gasteiger partial charge in [0.15, 0.2) is 0 Å². The summed E-state index contributed by atoms with van der Waals surface area (Å²) in [5.74, 6) is 0.551. The van der Waals surface area contributed by atoms with Crippen LogP contribution in [0.25, 0.3) is 0 Å². The third kappa shape index (κ3) is 4.64. The molecule has 0 radical (unpaired) electrons. The number of hydrogen-bond acceptors (Lipinski definition) is 8. The van der Waals surface area contributed by atoms with E-state index in [1.165, 1.54) is 23.5 Å². The minimum atomic E-state index is -3.83. The summed E-state index contributed by atoms with van der Waals surface area (Å²) in [5, 5.41) is 9.32. The van der Waals surface area contributed by atoms with Crippen LogP contribution in [0.1, 0.15) is 15.9 Å². The summed E-state index contributed by atoms with van der Waals surface area (Å²) in [6.07, 6.45) is 1.64. The fraction of sp³-hybridized carbons (Fsp3) is 0.409.